The molecule has 0 amide bonds. The fraction of sp³-hybridized carbons (Fsp3) is 0.800. The minimum Gasteiger partial charge on any atom is -0.498 e. The van der Waals surface area contributed by atoms with Gasteiger partial charge in [0.05, 0.1) is 6.26 Å². The van der Waals surface area contributed by atoms with Crippen molar-refractivity contribution in [1.29, 1.82) is 0 Å². The molecule has 4 saturated carbocycles. The van der Waals surface area contributed by atoms with Crippen molar-refractivity contribution in [3.63, 3.8) is 0 Å². The van der Waals surface area contributed by atoms with Crippen LogP contribution in [0.3, 0.4) is 0 Å². The summed E-state index contributed by atoms with van der Waals surface area (Å²) in [6.45, 7) is 4.20. The summed E-state index contributed by atoms with van der Waals surface area (Å²) in [5.41, 5.74) is -0.686. The van der Waals surface area contributed by atoms with Gasteiger partial charge < -0.3 is 9.47 Å². The fourth-order valence-corrected chi connectivity index (χ4v) is 4.65. The predicted molar refractivity (Wildman–Crippen MR) is 68.1 cm³/mol. The highest BCUT2D eigenvalue weighted by Gasteiger charge is 2.59. The van der Waals surface area contributed by atoms with Gasteiger partial charge in [0.1, 0.15) is 11.7 Å². The summed E-state index contributed by atoms with van der Waals surface area (Å²) in [6.07, 6.45) is 5.65. The fourth-order valence-electron chi connectivity index (χ4n) is 4.65. The second kappa shape index (κ2) is 4.43. The molecule has 4 bridgehead atoms. The van der Waals surface area contributed by atoms with E-state index in [-0.39, 0.29) is 17.9 Å². The van der Waals surface area contributed by atoms with Gasteiger partial charge in [-0.15, -0.1) is 0 Å². The van der Waals surface area contributed by atoms with Crippen molar-refractivity contribution in [3.05, 3.63) is 12.8 Å². The summed E-state index contributed by atoms with van der Waals surface area (Å²) >= 11 is 0. The average molecular weight is 286 g/mol. The van der Waals surface area contributed by atoms with E-state index in [1.807, 2.05) is 0 Å². The van der Waals surface area contributed by atoms with E-state index in [2.05, 4.69) is 6.58 Å². The number of ether oxygens (including phenoxy) is 2. The molecule has 0 saturated heterocycles. The highest BCUT2D eigenvalue weighted by Crippen LogP contribution is 2.58. The third-order valence-electron chi connectivity index (χ3n) is 5.05. The molecule has 4 aliphatic carbocycles. The minimum atomic E-state index is -3.42. The minimum absolute atomic E-state index is 0.109. The summed E-state index contributed by atoms with van der Waals surface area (Å²) in [4.78, 5) is 11.5. The number of hydrogen-bond acceptors (Lipinski definition) is 3. The molecule has 20 heavy (non-hydrogen) atoms. The molecule has 4 aliphatic rings. The van der Waals surface area contributed by atoms with Gasteiger partial charge in [-0.3, -0.25) is 0 Å². The van der Waals surface area contributed by atoms with Crippen LogP contribution < -0.4 is 0 Å². The summed E-state index contributed by atoms with van der Waals surface area (Å²) in [7, 11) is 0. The summed E-state index contributed by atoms with van der Waals surface area (Å²) in [6, 6.07) is 0. The molecule has 112 valence electrons. The highest BCUT2D eigenvalue weighted by atomic mass is 19.3. The smallest absolute Gasteiger partial charge is 0.377 e. The Labute approximate surface area is 117 Å². The molecule has 0 radical (unpaired) electrons. The number of halogens is 2. The van der Waals surface area contributed by atoms with Gasteiger partial charge in [0.2, 0.25) is 0 Å². The number of carbonyl (C=O) groups is 1. The van der Waals surface area contributed by atoms with E-state index in [4.69, 9.17) is 9.47 Å². The molecule has 0 aromatic heterocycles. The number of esters is 1. The molecular weight excluding hydrogens is 266 g/mol. The van der Waals surface area contributed by atoms with Gasteiger partial charge in [-0.25, -0.2) is 4.79 Å². The van der Waals surface area contributed by atoms with Gasteiger partial charge in [0.25, 0.3) is 0 Å². The van der Waals surface area contributed by atoms with Crippen LogP contribution in [0, 0.1) is 17.8 Å². The van der Waals surface area contributed by atoms with Crippen LogP contribution in [0.4, 0.5) is 8.78 Å². The zero-order chi connectivity index (χ0) is 14.5. The summed E-state index contributed by atoms with van der Waals surface area (Å²) in [5.74, 6) is -3.76. The first-order valence-corrected chi connectivity index (χ1v) is 7.21. The maximum Gasteiger partial charge on any atom is 0.377 e. The lowest BCUT2D eigenvalue weighted by Gasteiger charge is -2.58. The lowest BCUT2D eigenvalue weighted by molar-refractivity contribution is -0.222. The maximum absolute atomic E-state index is 13.1. The molecule has 3 nitrogen and oxygen atoms in total. The van der Waals surface area contributed by atoms with Crippen molar-refractivity contribution >= 4 is 5.97 Å². The van der Waals surface area contributed by atoms with Gasteiger partial charge in [0.15, 0.2) is 0 Å². The van der Waals surface area contributed by atoms with Crippen LogP contribution in [0.15, 0.2) is 12.8 Å². The van der Waals surface area contributed by atoms with Crippen LogP contribution in [-0.2, 0) is 14.3 Å². The van der Waals surface area contributed by atoms with Gasteiger partial charge in [0, 0.05) is 18.8 Å². The van der Waals surface area contributed by atoms with E-state index in [0.29, 0.717) is 25.7 Å². The average Bonchev–Trinajstić information content (AvgIpc) is 2.31. The van der Waals surface area contributed by atoms with Crippen LogP contribution >= 0.6 is 0 Å². The Morgan fingerprint density at radius 3 is 2.40 bits per heavy atom. The molecule has 2 unspecified atom stereocenters. The number of rotatable bonds is 4. The molecule has 0 spiro atoms. The molecule has 4 fully saturated rings. The van der Waals surface area contributed by atoms with Crippen molar-refractivity contribution in [2.75, 3.05) is 0 Å². The standard InChI is InChI=1S/C15H20F2O3/c1-3-19-12-10-4-9-5-11(12)8-15(6-9,7-10)20-13(18)14(2,16)17/h3,9-12H,1,4-8H2,2H3. The molecule has 0 heterocycles. The lowest BCUT2D eigenvalue weighted by atomic mass is 9.53. The monoisotopic (exact) mass is 286 g/mol. The Balaban J connectivity index is 1.77. The predicted octanol–water partition coefficient (Wildman–Crippen LogP) is 3.29. The molecule has 0 N–H and O–H groups in total. The van der Waals surface area contributed by atoms with E-state index in [1.54, 1.807) is 0 Å². The number of alkyl halides is 2. The molecular formula is C15H20F2O3. The first kappa shape index (κ1) is 13.8. The summed E-state index contributed by atoms with van der Waals surface area (Å²) < 4.78 is 37.1. The van der Waals surface area contributed by atoms with E-state index in [0.717, 1.165) is 19.3 Å². The summed E-state index contributed by atoms with van der Waals surface area (Å²) in [5, 5.41) is 0. The van der Waals surface area contributed by atoms with E-state index >= 15 is 0 Å². The Morgan fingerprint density at radius 1 is 1.30 bits per heavy atom. The zero-order valence-electron chi connectivity index (χ0n) is 11.6. The first-order valence-electron chi connectivity index (χ1n) is 7.21. The molecule has 0 aliphatic heterocycles. The third kappa shape index (κ3) is 2.21. The van der Waals surface area contributed by atoms with Crippen molar-refractivity contribution in [3.8, 4) is 0 Å². The van der Waals surface area contributed by atoms with Gasteiger partial charge in [-0.2, -0.15) is 8.78 Å². The Hall–Kier alpha value is -1.13. The van der Waals surface area contributed by atoms with Crippen LogP contribution in [0.1, 0.15) is 39.0 Å². The molecule has 2 atom stereocenters. The number of carbonyl (C=O) groups excluding carboxylic acids is 1. The normalized spacial score (nSPS) is 42.4. The van der Waals surface area contributed by atoms with Crippen LogP contribution in [0.5, 0.6) is 0 Å². The van der Waals surface area contributed by atoms with E-state index < -0.39 is 17.5 Å². The van der Waals surface area contributed by atoms with Gasteiger partial charge >= 0.3 is 11.9 Å². The molecule has 5 heteroatoms. The van der Waals surface area contributed by atoms with Crippen LogP contribution in [-0.4, -0.2) is 23.6 Å². The molecule has 4 rings (SSSR count). The van der Waals surface area contributed by atoms with E-state index in [1.165, 1.54) is 6.26 Å². The second-order valence-corrected chi connectivity index (χ2v) is 6.70. The largest absolute Gasteiger partial charge is 0.498 e. The maximum atomic E-state index is 13.1. The number of hydrogen-bond donors (Lipinski definition) is 0. The van der Waals surface area contributed by atoms with Crippen LogP contribution in [0.2, 0.25) is 0 Å². The van der Waals surface area contributed by atoms with Crippen molar-refractivity contribution in [1.82, 2.24) is 0 Å². The van der Waals surface area contributed by atoms with Crippen molar-refractivity contribution < 1.29 is 23.0 Å². The van der Waals surface area contributed by atoms with Gasteiger partial charge in [-0.1, -0.05) is 6.58 Å². The Kier molecular flexibility index (Phi) is 3.07. The van der Waals surface area contributed by atoms with Crippen molar-refractivity contribution in [2.24, 2.45) is 17.8 Å². The van der Waals surface area contributed by atoms with Crippen molar-refractivity contribution in [2.45, 2.75) is 56.7 Å². The van der Waals surface area contributed by atoms with Crippen LogP contribution in [0.25, 0.3) is 0 Å². The van der Waals surface area contributed by atoms with E-state index in [9.17, 15) is 13.6 Å². The topological polar surface area (TPSA) is 35.5 Å². The zero-order valence-corrected chi connectivity index (χ0v) is 11.6. The molecule has 0 aromatic carbocycles. The Morgan fingerprint density at radius 2 is 1.90 bits per heavy atom. The Bertz CT molecular complexity index is 413. The highest BCUT2D eigenvalue weighted by molar-refractivity contribution is 5.77. The van der Waals surface area contributed by atoms with Gasteiger partial charge in [-0.05, 0) is 38.0 Å². The first-order chi connectivity index (χ1) is 9.33. The quantitative estimate of drug-likeness (QED) is 0.587. The second-order valence-electron chi connectivity index (χ2n) is 6.70. The lowest BCUT2D eigenvalue weighted by Crippen LogP contribution is -2.59. The molecule has 0 aromatic rings. The third-order valence-corrected chi connectivity index (χ3v) is 5.05. The SMILES string of the molecule is C=COC1C2CC3CC1CC(OC(=O)C(C)(F)F)(C3)C2.